The number of nitrogens with zero attached hydrogens (tertiary/aromatic N) is 1. The minimum Gasteiger partial charge on any atom is -0.350 e. The van der Waals surface area contributed by atoms with Crippen LogP contribution in [0.15, 0.2) is 72.8 Å². The van der Waals surface area contributed by atoms with Crippen LogP contribution in [-0.4, -0.2) is 16.7 Å². The van der Waals surface area contributed by atoms with Gasteiger partial charge in [-0.25, -0.2) is 0 Å². The lowest BCUT2D eigenvalue weighted by Crippen LogP contribution is -2.38. The number of benzene rings is 3. The molecule has 10 heteroatoms. The van der Waals surface area contributed by atoms with Crippen LogP contribution in [0, 0.1) is 0 Å². The van der Waals surface area contributed by atoms with E-state index in [2.05, 4.69) is 5.32 Å². The number of alkyl halides is 6. The molecule has 0 aromatic heterocycles. The maximum atomic E-state index is 13.3. The summed E-state index contributed by atoms with van der Waals surface area (Å²) in [6.07, 6.45) is -10.1. The van der Waals surface area contributed by atoms with Crippen LogP contribution in [0.3, 0.4) is 0 Å². The summed E-state index contributed by atoms with van der Waals surface area (Å²) < 4.78 is 79.8. The van der Waals surface area contributed by atoms with Gasteiger partial charge in [0.1, 0.15) is 6.04 Å². The lowest BCUT2D eigenvalue weighted by Gasteiger charge is -2.25. The lowest BCUT2D eigenvalue weighted by molar-refractivity contribution is -0.143. The Morgan fingerprint density at radius 2 is 1.37 bits per heavy atom. The second kappa shape index (κ2) is 9.09. The maximum Gasteiger partial charge on any atom is 0.416 e. The Balaban J connectivity index is 1.68. The van der Waals surface area contributed by atoms with Crippen molar-refractivity contribution in [2.24, 2.45) is 0 Å². The Bertz CT molecular complexity index is 1220. The van der Waals surface area contributed by atoms with E-state index in [9.17, 15) is 35.9 Å². The fraction of sp³-hybridized carbons (Fsp3) is 0.200. The fourth-order valence-corrected chi connectivity index (χ4v) is 4.00. The molecule has 0 fully saturated rings. The quantitative estimate of drug-likeness (QED) is 0.462. The Hall–Kier alpha value is -3.82. The van der Waals surface area contributed by atoms with Gasteiger partial charge in [0.25, 0.3) is 5.91 Å². The molecule has 1 unspecified atom stereocenters. The van der Waals surface area contributed by atoms with E-state index in [0.717, 1.165) is 10.5 Å². The first-order valence-corrected chi connectivity index (χ1v) is 10.4. The van der Waals surface area contributed by atoms with Crippen molar-refractivity contribution in [1.82, 2.24) is 10.2 Å². The van der Waals surface area contributed by atoms with E-state index in [1.54, 1.807) is 42.5 Å². The van der Waals surface area contributed by atoms with Crippen molar-refractivity contribution < 1.29 is 35.9 Å². The first-order valence-electron chi connectivity index (χ1n) is 10.4. The van der Waals surface area contributed by atoms with Crippen LogP contribution < -0.4 is 5.32 Å². The van der Waals surface area contributed by atoms with Crippen LogP contribution in [0.25, 0.3) is 0 Å². The molecule has 1 aliphatic rings. The number of hydrogen-bond acceptors (Lipinski definition) is 2. The number of carbonyl (C=O) groups excluding carboxylic acids is 2. The van der Waals surface area contributed by atoms with Crippen LogP contribution in [0.2, 0.25) is 0 Å². The minimum atomic E-state index is -5.03. The number of rotatable bonds is 5. The first kappa shape index (κ1) is 24.3. The van der Waals surface area contributed by atoms with Crippen LogP contribution in [0.1, 0.15) is 44.2 Å². The van der Waals surface area contributed by atoms with Gasteiger partial charge in [0.05, 0.1) is 11.1 Å². The highest BCUT2D eigenvalue weighted by Gasteiger charge is 2.42. The molecular weight excluding hydrogens is 474 g/mol. The van der Waals surface area contributed by atoms with Crippen LogP contribution >= 0.6 is 0 Å². The fourth-order valence-electron chi connectivity index (χ4n) is 4.00. The molecule has 3 aromatic carbocycles. The summed E-state index contributed by atoms with van der Waals surface area (Å²) in [5.74, 6) is -1.26. The molecular formula is C25H18F6N2O2. The third kappa shape index (κ3) is 5.16. The normalized spacial score (nSPS) is 15.8. The highest BCUT2D eigenvalue weighted by atomic mass is 19.4. The molecule has 1 N–H and O–H groups in total. The van der Waals surface area contributed by atoms with E-state index in [4.69, 9.17) is 0 Å². The van der Waals surface area contributed by atoms with Gasteiger partial charge in [0.2, 0.25) is 5.91 Å². The SMILES string of the molecule is O=C(NCc1ccccc1)C1c2ccccc2C(=O)N1Cc1cc(C(F)(F)F)cc(C(F)(F)F)c1. The largest absolute Gasteiger partial charge is 0.416 e. The molecule has 2 amide bonds. The van der Waals surface area contributed by atoms with E-state index in [-0.39, 0.29) is 18.2 Å². The Morgan fingerprint density at radius 1 is 0.800 bits per heavy atom. The predicted octanol–water partition coefficient (Wildman–Crippen LogP) is 5.74. The molecule has 0 saturated heterocycles. The average Bonchev–Trinajstić information content (AvgIpc) is 3.08. The number of hydrogen-bond donors (Lipinski definition) is 1. The van der Waals surface area contributed by atoms with Crippen LogP contribution in [-0.2, 0) is 30.2 Å². The summed E-state index contributed by atoms with van der Waals surface area (Å²) in [6.45, 7) is -0.494. The Kier molecular flexibility index (Phi) is 6.31. The monoisotopic (exact) mass is 492 g/mol. The highest BCUT2D eigenvalue weighted by Crippen LogP contribution is 2.39. The van der Waals surface area contributed by atoms with Crippen molar-refractivity contribution in [3.63, 3.8) is 0 Å². The summed E-state index contributed by atoms with van der Waals surface area (Å²) in [7, 11) is 0. The average molecular weight is 492 g/mol. The van der Waals surface area contributed by atoms with Gasteiger partial charge >= 0.3 is 12.4 Å². The Morgan fingerprint density at radius 3 is 1.97 bits per heavy atom. The molecule has 3 aromatic rings. The maximum absolute atomic E-state index is 13.3. The zero-order valence-electron chi connectivity index (χ0n) is 18.0. The first-order chi connectivity index (χ1) is 16.4. The van der Waals surface area contributed by atoms with Crippen molar-refractivity contribution in [3.05, 3.63) is 106 Å². The summed E-state index contributed by atoms with van der Waals surface area (Å²) in [5, 5.41) is 2.70. The van der Waals surface area contributed by atoms with Gasteiger partial charge in [-0.15, -0.1) is 0 Å². The minimum absolute atomic E-state index is 0.0219. The second-order valence-corrected chi connectivity index (χ2v) is 8.04. The third-order valence-electron chi connectivity index (χ3n) is 5.62. The van der Waals surface area contributed by atoms with Crippen molar-refractivity contribution in [2.75, 3.05) is 0 Å². The van der Waals surface area contributed by atoms with Crippen molar-refractivity contribution in [3.8, 4) is 0 Å². The Labute approximate surface area is 196 Å². The summed E-state index contributed by atoms with van der Waals surface area (Å²) in [4.78, 5) is 27.2. The van der Waals surface area contributed by atoms with E-state index in [0.29, 0.717) is 17.7 Å². The van der Waals surface area contributed by atoms with E-state index in [1.807, 2.05) is 0 Å². The molecule has 0 aliphatic carbocycles. The zero-order valence-corrected chi connectivity index (χ0v) is 18.0. The van der Waals surface area contributed by atoms with Gasteiger partial charge in [-0.1, -0.05) is 48.5 Å². The molecule has 0 bridgehead atoms. The van der Waals surface area contributed by atoms with Crippen molar-refractivity contribution in [2.45, 2.75) is 31.5 Å². The van der Waals surface area contributed by atoms with Gasteiger partial charge in [0.15, 0.2) is 0 Å². The van der Waals surface area contributed by atoms with E-state index >= 15 is 0 Å². The summed E-state index contributed by atoms with van der Waals surface area (Å²) in [5.41, 5.74) is -2.11. The molecule has 4 nitrogen and oxygen atoms in total. The topological polar surface area (TPSA) is 49.4 Å². The van der Waals surface area contributed by atoms with Crippen molar-refractivity contribution >= 4 is 11.8 Å². The molecule has 0 radical (unpaired) electrons. The summed E-state index contributed by atoms with van der Waals surface area (Å²) in [6, 6.07) is 15.0. The van der Waals surface area contributed by atoms with Crippen LogP contribution in [0.4, 0.5) is 26.3 Å². The standard InChI is InChI=1S/C25H18F6N2O2/c26-24(27,28)17-10-16(11-18(12-17)25(29,30)31)14-33-21(19-8-4-5-9-20(19)23(33)35)22(34)32-13-15-6-2-1-3-7-15/h1-12,21H,13-14H2,(H,32,34). The van der Waals surface area contributed by atoms with Gasteiger partial charge in [-0.05, 0) is 41.0 Å². The second-order valence-electron chi connectivity index (χ2n) is 8.04. The van der Waals surface area contributed by atoms with Gasteiger partial charge in [-0.3, -0.25) is 9.59 Å². The molecule has 4 rings (SSSR count). The predicted molar refractivity (Wildman–Crippen MR) is 114 cm³/mol. The molecule has 0 spiro atoms. The lowest BCUT2D eigenvalue weighted by atomic mass is 10.0. The third-order valence-corrected chi connectivity index (χ3v) is 5.62. The molecule has 0 saturated carbocycles. The number of halogens is 6. The number of nitrogens with one attached hydrogen (secondary N) is 1. The van der Waals surface area contributed by atoms with Gasteiger partial charge < -0.3 is 10.2 Å². The van der Waals surface area contributed by atoms with Crippen molar-refractivity contribution in [1.29, 1.82) is 0 Å². The smallest absolute Gasteiger partial charge is 0.350 e. The van der Waals surface area contributed by atoms with E-state index < -0.39 is 53.4 Å². The molecule has 1 atom stereocenters. The van der Waals surface area contributed by atoms with Gasteiger partial charge in [-0.2, -0.15) is 26.3 Å². The molecule has 182 valence electrons. The number of carbonyl (C=O) groups is 2. The highest BCUT2D eigenvalue weighted by molar-refractivity contribution is 6.04. The molecule has 35 heavy (non-hydrogen) atoms. The number of amides is 2. The summed E-state index contributed by atoms with van der Waals surface area (Å²) >= 11 is 0. The molecule has 1 aliphatic heterocycles. The van der Waals surface area contributed by atoms with Crippen LogP contribution in [0.5, 0.6) is 0 Å². The molecule has 1 heterocycles. The van der Waals surface area contributed by atoms with Gasteiger partial charge in [0, 0.05) is 18.7 Å². The zero-order chi connectivity index (χ0) is 25.4. The number of fused-ring (bicyclic) bond motifs is 1. The van der Waals surface area contributed by atoms with E-state index in [1.165, 1.54) is 12.1 Å².